The van der Waals surface area contributed by atoms with Gasteiger partial charge in [-0.2, -0.15) is 0 Å². The van der Waals surface area contributed by atoms with Crippen molar-refractivity contribution >= 4 is 15.9 Å². The van der Waals surface area contributed by atoms with Gasteiger partial charge in [0.15, 0.2) is 5.82 Å². The van der Waals surface area contributed by atoms with E-state index in [0.29, 0.717) is 22.9 Å². The molecule has 0 aliphatic rings. The quantitative estimate of drug-likeness (QED) is 0.382. The third-order valence-electron chi connectivity index (χ3n) is 4.82. The zero-order valence-electron chi connectivity index (χ0n) is 19.0. The van der Waals surface area contributed by atoms with Gasteiger partial charge in [-0.15, -0.1) is 10.2 Å². The minimum absolute atomic E-state index is 0. The molecule has 0 fully saturated rings. The number of aromatic nitrogens is 6. The number of carbonyl (C=O) groups is 1. The molecule has 0 spiro atoms. The molecule has 0 aliphatic carbocycles. The molecular weight excluding hydrogens is 474 g/mol. The Kier molecular flexibility index (Phi) is 6.68. The third kappa shape index (κ3) is 5.09. The number of ether oxygens (including phenoxy) is 2. The molecule has 1 aromatic carbocycles. The molecule has 182 valence electrons. The number of amides is 1. The fourth-order valence-corrected chi connectivity index (χ4v) is 4.25. The molecule has 4 rings (SSSR count). The molecule has 12 nitrogen and oxygen atoms in total. The van der Waals surface area contributed by atoms with E-state index in [1.54, 1.807) is 42.6 Å². The van der Waals surface area contributed by atoms with Gasteiger partial charge in [0.25, 0.3) is 0 Å². The summed E-state index contributed by atoms with van der Waals surface area (Å²) in [7, 11) is -1.25. The molecule has 1 N–H and O–H groups in total. The minimum Gasteiger partial charge on any atom is -0.494 e. The number of rotatable bonds is 8. The number of aryl methyl sites for hydroxylation is 1. The zero-order valence-corrected chi connectivity index (χ0v) is 19.9. The first-order valence-corrected chi connectivity index (χ1v) is 11.9. The maximum absolute atomic E-state index is 13.2. The second kappa shape index (κ2) is 9.85. The molecule has 0 saturated carbocycles. The number of sulfonamides is 1. The highest BCUT2D eigenvalue weighted by Crippen LogP contribution is 2.36. The van der Waals surface area contributed by atoms with E-state index in [-0.39, 0.29) is 18.9 Å². The molecule has 1 amide bonds. The third-order valence-corrected chi connectivity index (χ3v) is 5.96. The van der Waals surface area contributed by atoms with Gasteiger partial charge in [-0.1, -0.05) is 6.07 Å². The van der Waals surface area contributed by atoms with Crippen LogP contribution in [0, 0.1) is 6.92 Å². The average molecular weight is 498 g/mol. The summed E-state index contributed by atoms with van der Waals surface area (Å²) in [5.41, 5.74) is 1.60. The lowest BCUT2D eigenvalue weighted by molar-refractivity contribution is 0.0969. The van der Waals surface area contributed by atoms with Crippen LogP contribution in [-0.4, -0.2) is 58.3 Å². The molecule has 0 bridgehead atoms. The highest BCUT2D eigenvalue weighted by atomic mass is 32.2. The Morgan fingerprint density at radius 3 is 2.31 bits per heavy atom. The molecule has 0 saturated heterocycles. The second-order valence-corrected chi connectivity index (χ2v) is 8.99. The fourth-order valence-electron chi connectivity index (χ4n) is 3.32. The second-order valence-electron chi connectivity index (χ2n) is 7.27. The first-order chi connectivity index (χ1) is 16.8. The number of nitrogens with one attached hydrogen (secondary N) is 1. The van der Waals surface area contributed by atoms with Crippen LogP contribution >= 0.6 is 0 Å². The van der Waals surface area contributed by atoms with Crippen molar-refractivity contribution in [2.45, 2.75) is 12.7 Å². The van der Waals surface area contributed by atoms with Gasteiger partial charge in [0.2, 0.25) is 15.8 Å². The lowest BCUT2D eigenvalue weighted by Crippen LogP contribution is -2.34. The Balaban J connectivity index is 0.00000361. The predicted molar refractivity (Wildman–Crippen MR) is 127 cm³/mol. The van der Waals surface area contributed by atoms with Gasteiger partial charge < -0.3 is 9.47 Å². The van der Waals surface area contributed by atoms with E-state index in [4.69, 9.17) is 9.47 Å². The first-order valence-electron chi connectivity index (χ1n) is 10.2. The van der Waals surface area contributed by atoms with Gasteiger partial charge in [0.05, 0.1) is 14.2 Å². The molecule has 4 aromatic rings. The average Bonchev–Trinajstić information content (AvgIpc) is 3.28. The Morgan fingerprint density at radius 1 is 1.00 bits per heavy atom. The molecular formula is C22H23N7O5S. The zero-order chi connectivity index (χ0) is 25.0. The van der Waals surface area contributed by atoms with Crippen molar-refractivity contribution in [3.8, 4) is 28.7 Å². The van der Waals surface area contributed by atoms with Gasteiger partial charge in [0.1, 0.15) is 34.5 Å². The summed E-state index contributed by atoms with van der Waals surface area (Å²) in [6, 6.07) is 10.2. The van der Waals surface area contributed by atoms with E-state index in [0.717, 1.165) is 5.56 Å². The number of methoxy groups -OCH3 is 2. The monoisotopic (exact) mass is 497 g/mol. The number of nitrogens with zero attached hydrogens (tertiary/aromatic N) is 6. The Hall–Kier alpha value is -4.39. The Bertz CT molecular complexity index is 1460. The standard InChI is InChI=1S/C22H21N7O5S.H2/c1-14-8-11-23-15(12-14)20-26-27-21(29(20)19-16(33-2)6-4-7-17(19)34-3)22(30)28-35(31,32)13-18-24-9-5-10-25-18;/h4-12H,13H2,1-3H3,(H,28,30);1H. The molecule has 35 heavy (non-hydrogen) atoms. The highest BCUT2D eigenvalue weighted by molar-refractivity contribution is 7.89. The molecule has 3 aromatic heterocycles. The largest absolute Gasteiger partial charge is 0.494 e. The summed E-state index contributed by atoms with van der Waals surface area (Å²) >= 11 is 0. The number of carbonyl (C=O) groups excluding carboxylic acids is 1. The summed E-state index contributed by atoms with van der Waals surface area (Å²) in [5, 5.41) is 8.14. The SMILES string of the molecule is COc1cccc(OC)c1-n1c(C(=O)NS(=O)(=O)Cc2ncccn2)nnc1-c1cc(C)ccn1.[HH]. The van der Waals surface area contributed by atoms with Crippen molar-refractivity contribution in [1.82, 2.24) is 34.4 Å². The molecule has 3 heterocycles. The lowest BCUT2D eigenvalue weighted by Gasteiger charge is -2.17. The summed E-state index contributed by atoms with van der Waals surface area (Å²) in [5.74, 6) is -1.03. The topological polar surface area (TPSA) is 151 Å². The smallest absolute Gasteiger partial charge is 0.303 e. The van der Waals surface area contributed by atoms with Gasteiger partial charge in [0, 0.05) is 20.0 Å². The van der Waals surface area contributed by atoms with E-state index in [2.05, 4.69) is 25.1 Å². The minimum atomic E-state index is -4.16. The molecule has 0 aliphatic heterocycles. The van der Waals surface area contributed by atoms with Crippen LogP contribution in [0.1, 0.15) is 23.4 Å². The maximum Gasteiger partial charge on any atom is 0.303 e. The lowest BCUT2D eigenvalue weighted by atomic mass is 10.2. The predicted octanol–water partition coefficient (Wildman–Crippen LogP) is 1.95. The van der Waals surface area contributed by atoms with Gasteiger partial charge >= 0.3 is 5.91 Å². The molecule has 0 radical (unpaired) electrons. The Labute approximate surface area is 202 Å². The summed E-state index contributed by atoms with van der Waals surface area (Å²) in [6.07, 6.45) is 4.41. The van der Waals surface area contributed by atoms with E-state index in [1.165, 1.54) is 31.2 Å². The van der Waals surface area contributed by atoms with Crippen molar-refractivity contribution in [3.05, 3.63) is 72.2 Å². The summed E-state index contributed by atoms with van der Waals surface area (Å²) < 4.78 is 39.7. The molecule has 13 heteroatoms. The van der Waals surface area contributed by atoms with Crippen LogP contribution in [-0.2, 0) is 15.8 Å². The first kappa shape index (κ1) is 23.8. The normalized spacial score (nSPS) is 11.2. The van der Waals surface area contributed by atoms with Crippen LogP contribution in [0.3, 0.4) is 0 Å². The van der Waals surface area contributed by atoms with Crippen molar-refractivity contribution in [3.63, 3.8) is 0 Å². The van der Waals surface area contributed by atoms with Crippen molar-refractivity contribution in [1.29, 1.82) is 0 Å². The maximum atomic E-state index is 13.2. The summed E-state index contributed by atoms with van der Waals surface area (Å²) in [4.78, 5) is 25.3. The van der Waals surface area contributed by atoms with Gasteiger partial charge in [-0.25, -0.2) is 23.1 Å². The summed E-state index contributed by atoms with van der Waals surface area (Å²) in [6.45, 7) is 1.88. The van der Waals surface area contributed by atoms with Crippen molar-refractivity contribution < 1.29 is 24.1 Å². The number of pyridine rings is 1. The molecule has 0 atom stereocenters. The van der Waals surface area contributed by atoms with Gasteiger partial charge in [-0.05, 0) is 42.8 Å². The number of benzene rings is 1. The van der Waals surface area contributed by atoms with Crippen LogP contribution in [0.2, 0.25) is 0 Å². The van der Waals surface area contributed by atoms with E-state index in [9.17, 15) is 13.2 Å². The van der Waals surface area contributed by atoms with Gasteiger partial charge in [-0.3, -0.25) is 14.3 Å². The fraction of sp³-hybridized carbons (Fsp3) is 0.182. The van der Waals surface area contributed by atoms with E-state index >= 15 is 0 Å². The van der Waals surface area contributed by atoms with Crippen LogP contribution in [0.5, 0.6) is 11.5 Å². The van der Waals surface area contributed by atoms with Crippen LogP contribution in [0.25, 0.3) is 17.2 Å². The van der Waals surface area contributed by atoms with Crippen molar-refractivity contribution in [2.75, 3.05) is 14.2 Å². The molecule has 0 unspecified atom stereocenters. The van der Waals surface area contributed by atoms with Crippen LogP contribution in [0.15, 0.2) is 55.0 Å². The van der Waals surface area contributed by atoms with Crippen LogP contribution < -0.4 is 14.2 Å². The number of para-hydroxylation sites is 1. The highest BCUT2D eigenvalue weighted by Gasteiger charge is 2.29. The number of hydrogen-bond acceptors (Lipinski definition) is 10. The van der Waals surface area contributed by atoms with Crippen LogP contribution in [0.4, 0.5) is 0 Å². The van der Waals surface area contributed by atoms with Crippen molar-refractivity contribution in [2.24, 2.45) is 0 Å². The number of hydrogen-bond donors (Lipinski definition) is 1. The van der Waals surface area contributed by atoms with E-state index in [1.807, 2.05) is 11.6 Å². The Morgan fingerprint density at radius 2 is 1.69 bits per heavy atom. The van der Waals surface area contributed by atoms with E-state index < -0.39 is 21.7 Å².